The number of hydrogen-bond acceptors (Lipinski definition) is 4. The first-order chi connectivity index (χ1) is 9.47. The van der Waals surface area contributed by atoms with Gasteiger partial charge in [-0.05, 0) is 11.6 Å². The lowest BCUT2D eigenvalue weighted by atomic mass is 10.2. The number of hydrogen-bond donors (Lipinski definition) is 2. The van der Waals surface area contributed by atoms with Crippen molar-refractivity contribution in [2.45, 2.75) is 18.8 Å². The number of likely N-dealkylation sites (tertiary alicyclic amines) is 1. The van der Waals surface area contributed by atoms with Gasteiger partial charge in [-0.2, -0.15) is 0 Å². The minimum absolute atomic E-state index is 0.0259. The SMILES string of the molecule is CN(Cc1ccccc1Br)C(=O)CN1CC(O)C(O)C1. The van der Waals surface area contributed by atoms with Crippen LogP contribution >= 0.6 is 15.9 Å². The summed E-state index contributed by atoms with van der Waals surface area (Å²) in [5, 5.41) is 18.9. The highest BCUT2D eigenvalue weighted by Gasteiger charge is 2.31. The van der Waals surface area contributed by atoms with Gasteiger partial charge in [-0.15, -0.1) is 0 Å². The van der Waals surface area contributed by atoms with E-state index in [0.717, 1.165) is 10.0 Å². The summed E-state index contributed by atoms with van der Waals surface area (Å²) in [5.41, 5.74) is 1.05. The number of likely N-dealkylation sites (N-methyl/N-ethyl adjacent to an activating group) is 1. The Morgan fingerprint density at radius 2 is 1.95 bits per heavy atom. The maximum absolute atomic E-state index is 12.1. The van der Waals surface area contributed by atoms with Gasteiger partial charge >= 0.3 is 0 Å². The van der Waals surface area contributed by atoms with Crippen LogP contribution in [0.3, 0.4) is 0 Å². The fourth-order valence-corrected chi connectivity index (χ4v) is 2.67. The molecule has 1 heterocycles. The van der Waals surface area contributed by atoms with Crippen molar-refractivity contribution in [3.63, 3.8) is 0 Å². The maximum Gasteiger partial charge on any atom is 0.236 e. The van der Waals surface area contributed by atoms with E-state index in [-0.39, 0.29) is 12.5 Å². The average molecular weight is 343 g/mol. The van der Waals surface area contributed by atoms with Gasteiger partial charge in [0.05, 0.1) is 18.8 Å². The number of amides is 1. The molecule has 110 valence electrons. The summed E-state index contributed by atoms with van der Waals surface area (Å²) in [5.74, 6) is -0.0259. The predicted molar refractivity (Wildman–Crippen MR) is 79.1 cm³/mol. The molecule has 2 atom stereocenters. The molecule has 1 aliphatic heterocycles. The van der Waals surface area contributed by atoms with Crippen LogP contribution in [-0.2, 0) is 11.3 Å². The molecule has 0 radical (unpaired) electrons. The third-order valence-corrected chi connectivity index (χ3v) is 4.26. The fourth-order valence-electron chi connectivity index (χ4n) is 2.26. The molecule has 0 aliphatic carbocycles. The van der Waals surface area contributed by atoms with Gasteiger partial charge < -0.3 is 15.1 Å². The van der Waals surface area contributed by atoms with Crippen LogP contribution in [0.1, 0.15) is 5.56 Å². The third kappa shape index (κ3) is 3.79. The average Bonchev–Trinajstić information content (AvgIpc) is 2.71. The lowest BCUT2D eigenvalue weighted by molar-refractivity contribution is -0.131. The lowest BCUT2D eigenvalue weighted by Crippen LogP contribution is -2.37. The summed E-state index contributed by atoms with van der Waals surface area (Å²) >= 11 is 3.46. The normalized spacial score (nSPS) is 23.0. The summed E-state index contributed by atoms with van der Waals surface area (Å²) in [6.45, 7) is 1.43. The van der Waals surface area contributed by atoms with Gasteiger partial charge in [-0.1, -0.05) is 34.1 Å². The van der Waals surface area contributed by atoms with Crippen molar-refractivity contribution in [2.24, 2.45) is 0 Å². The minimum Gasteiger partial charge on any atom is -0.389 e. The maximum atomic E-state index is 12.1. The number of halogens is 1. The molecule has 2 N–H and O–H groups in total. The molecule has 1 fully saturated rings. The van der Waals surface area contributed by atoms with Crippen molar-refractivity contribution in [3.8, 4) is 0 Å². The summed E-state index contributed by atoms with van der Waals surface area (Å²) < 4.78 is 0.978. The second-order valence-electron chi connectivity index (χ2n) is 5.17. The molecule has 0 spiro atoms. The number of aliphatic hydroxyl groups excluding tert-OH is 2. The first kappa shape index (κ1) is 15.4. The zero-order valence-electron chi connectivity index (χ0n) is 11.4. The predicted octanol–water partition coefficient (Wildman–Crippen LogP) is 0.445. The van der Waals surface area contributed by atoms with Crippen molar-refractivity contribution in [2.75, 3.05) is 26.7 Å². The first-order valence-electron chi connectivity index (χ1n) is 6.53. The quantitative estimate of drug-likeness (QED) is 0.833. The number of carbonyl (C=O) groups excluding carboxylic acids is 1. The Kier molecular flexibility index (Phi) is 5.15. The second-order valence-corrected chi connectivity index (χ2v) is 6.02. The highest BCUT2D eigenvalue weighted by Crippen LogP contribution is 2.17. The molecule has 20 heavy (non-hydrogen) atoms. The molecule has 1 amide bonds. The van der Waals surface area contributed by atoms with Crippen LogP contribution in [-0.4, -0.2) is 64.8 Å². The van der Waals surface area contributed by atoms with Crippen LogP contribution in [0.25, 0.3) is 0 Å². The van der Waals surface area contributed by atoms with E-state index in [4.69, 9.17) is 0 Å². The number of aliphatic hydroxyl groups is 2. The molecule has 1 aliphatic rings. The fraction of sp³-hybridized carbons (Fsp3) is 0.500. The number of nitrogens with zero attached hydrogens (tertiary/aromatic N) is 2. The van der Waals surface area contributed by atoms with E-state index in [1.807, 2.05) is 24.3 Å². The van der Waals surface area contributed by atoms with E-state index in [2.05, 4.69) is 15.9 Å². The van der Waals surface area contributed by atoms with Crippen LogP contribution < -0.4 is 0 Å². The molecule has 0 aromatic heterocycles. The molecular weight excluding hydrogens is 324 g/mol. The lowest BCUT2D eigenvalue weighted by Gasteiger charge is -2.21. The summed E-state index contributed by atoms with van der Waals surface area (Å²) in [7, 11) is 1.75. The number of benzene rings is 1. The van der Waals surface area contributed by atoms with Crippen LogP contribution in [0.2, 0.25) is 0 Å². The monoisotopic (exact) mass is 342 g/mol. The van der Waals surface area contributed by atoms with Crippen LogP contribution in [0.5, 0.6) is 0 Å². The van der Waals surface area contributed by atoms with Gasteiger partial charge in [0, 0.05) is 31.2 Å². The zero-order valence-corrected chi connectivity index (χ0v) is 13.0. The molecule has 6 heteroatoms. The molecule has 1 aromatic rings. The van der Waals surface area contributed by atoms with Crippen molar-refractivity contribution < 1.29 is 15.0 Å². The highest BCUT2D eigenvalue weighted by atomic mass is 79.9. The molecule has 2 rings (SSSR count). The molecular formula is C14H19BrN2O3. The van der Waals surface area contributed by atoms with E-state index in [9.17, 15) is 15.0 Å². The second kappa shape index (κ2) is 6.67. The number of β-amino-alcohol motifs (C(OH)–C–C–N with tert-alkyl or cyclic N) is 2. The van der Waals surface area contributed by atoms with Gasteiger partial charge in [-0.3, -0.25) is 9.69 Å². The number of carbonyl (C=O) groups is 1. The summed E-state index contributed by atoms with van der Waals surface area (Å²) in [6.07, 6.45) is -1.51. The molecule has 1 saturated heterocycles. The van der Waals surface area contributed by atoms with Crippen LogP contribution in [0.4, 0.5) is 0 Å². The van der Waals surface area contributed by atoms with E-state index >= 15 is 0 Å². The minimum atomic E-state index is -0.753. The third-order valence-electron chi connectivity index (χ3n) is 3.48. The highest BCUT2D eigenvalue weighted by molar-refractivity contribution is 9.10. The largest absolute Gasteiger partial charge is 0.389 e. The molecule has 0 bridgehead atoms. The molecule has 2 unspecified atom stereocenters. The van der Waals surface area contributed by atoms with E-state index in [1.54, 1.807) is 16.8 Å². The number of rotatable bonds is 4. The Morgan fingerprint density at radius 1 is 1.35 bits per heavy atom. The van der Waals surface area contributed by atoms with Crippen molar-refractivity contribution in [1.82, 2.24) is 9.80 Å². The molecule has 5 nitrogen and oxygen atoms in total. The van der Waals surface area contributed by atoms with Crippen molar-refractivity contribution in [1.29, 1.82) is 0 Å². The van der Waals surface area contributed by atoms with Crippen LogP contribution in [0.15, 0.2) is 28.7 Å². The molecule has 1 aromatic carbocycles. The van der Waals surface area contributed by atoms with E-state index < -0.39 is 12.2 Å². The Bertz CT molecular complexity index is 473. The van der Waals surface area contributed by atoms with Gasteiger partial charge in [0.15, 0.2) is 0 Å². The summed E-state index contributed by atoms with van der Waals surface area (Å²) in [4.78, 5) is 15.6. The Labute approximate surface area is 126 Å². The Hall–Kier alpha value is -0.950. The standard InChI is InChI=1S/C14H19BrN2O3/c1-16(6-10-4-2-3-5-11(10)15)14(20)9-17-7-12(18)13(19)8-17/h2-5,12-13,18-19H,6-9H2,1H3. The van der Waals surface area contributed by atoms with Gasteiger partial charge in [0.2, 0.25) is 5.91 Å². The smallest absolute Gasteiger partial charge is 0.236 e. The van der Waals surface area contributed by atoms with Gasteiger partial charge in [-0.25, -0.2) is 0 Å². The van der Waals surface area contributed by atoms with Gasteiger partial charge in [0.1, 0.15) is 0 Å². The Morgan fingerprint density at radius 3 is 2.55 bits per heavy atom. The zero-order chi connectivity index (χ0) is 14.7. The van der Waals surface area contributed by atoms with Gasteiger partial charge in [0.25, 0.3) is 0 Å². The molecule has 0 saturated carbocycles. The first-order valence-corrected chi connectivity index (χ1v) is 7.32. The summed E-state index contributed by atoms with van der Waals surface area (Å²) in [6, 6.07) is 7.78. The topological polar surface area (TPSA) is 64.0 Å². The Balaban J connectivity index is 1.88. The van der Waals surface area contributed by atoms with Crippen LogP contribution in [0, 0.1) is 0 Å². The van der Waals surface area contributed by atoms with E-state index in [1.165, 1.54) is 0 Å². The van der Waals surface area contributed by atoms with E-state index in [0.29, 0.717) is 19.6 Å². The van der Waals surface area contributed by atoms with Crippen molar-refractivity contribution >= 4 is 21.8 Å². The van der Waals surface area contributed by atoms with Crippen molar-refractivity contribution in [3.05, 3.63) is 34.3 Å².